The van der Waals surface area contributed by atoms with Crippen LogP contribution in [0, 0.1) is 30.9 Å². The predicted octanol–water partition coefficient (Wildman–Crippen LogP) is 3.12. The van der Waals surface area contributed by atoms with E-state index in [0.717, 1.165) is 34.3 Å². The Kier molecular flexibility index (Phi) is 5.25. The summed E-state index contributed by atoms with van der Waals surface area (Å²) in [5.41, 5.74) is 4.44. The normalized spacial score (nSPS) is 14.2. The quantitative estimate of drug-likeness (QED) is 0.470. The first-order chi connectivity index (χ1) is 14.4. The Morgan fingerprint density at radius 2 is 1.70 bits per heavy atom. The van der Waals surface area contributed by atoms with Gasteiger partial charge in [0.25, 0.3) is 11.6 Å². The van der Waals surface area contributed by atoms with E-state index in [0.29, 0.717) is 36.8 Å². The fourth-order valence-electron chi connectivity index (χ4n) is 3.84. The Hall–Kier alpha value is -3.27. The number of rotatable bonds is 4. The number of non-ortho nitro benzene ring substituents is 1. The topological polar surface area (TPSA) is 97.4 Å². The predicted molar refractivity (Wildman–Crippen MR) is 115 cm³/mol. The fraction of sp³-hybridized carbons (Fsp3) is 0.350. The van der Waals surface area contributed by atoms with Crippen molar-refractivity contribution in [3.8, 4) is 5.69 Å². The number of carbonyl (C=O) groups excluding carboxylic acids is 1. The Bertz CT molecular complexity index is 1090. The first-order valence-electron chi connectivity index (χ1n) is 9.63. The highest BCUT2D eigenvalue weighted by atomic mass is 32.1. The second kappa shape index (κ2) is 7.86. The van der Waals surface area contributed by atoms with E-state index in [1.165, 1.54) is 6.07 Å². The second-order valence-corrected chi connectivity index (χ2v) is 8.10. The molecule has 1 aliphatic heterocycles. The highest BCUT2D eigenvalue weighted by molar-refractivity contribution is 7.07. The summed E-state index contributed by atoms with van der Waals surface area (Å²) >= 11 is 1.12. The van der Waals surface area contributed by atoms with Gasteiger partial charge in [0.2, 0.25) is 0 Å². The molecule has 1 fully saturated rings. The summed E-state index contributed by atoms with van der Waals surface area (Å²) in [6.45, 7) is 8.17. The average Bonchev–Trinajstić information content (AvgIpc) is 3.32. The van der Waals surface area contributed by atoms with Gasteiger partial charge >= 0.3 is 0 Å². The molecule has 10 heteroatoms. The van der Waals surface area contributed by atoms with E-state index in [9.17, 15) is 14.9 Å². The van der Waals surface area contributed by atoms with Crippen LogP contribution in [-0.4, -0.2) is 56.1 Å². The van der Waals surface area contributed by atoms with Crippen LogP contribution < -0.4 is 4.90 Å². The third-order valence-electron chi connectivity index (χ3n) is 5.44. The summed E-state index contributed by atoms with van der Waals surface area (Å²) in [6.07, 6.45) is 0. The Labute approximate surface area is 177 Å². The van der Waals surface area contributed by atoms with Gasteiger partial charge in [-0.15, -0.1) is 5.10 Å². The number of carbonyl (C=O) groups is 1. The lowest BCUT2D eigenvalue weighted by molar-refractivity contribution is -0.384. The van der Waals surface area contributed by atoms with Crippen molar-refractivity contribution >= 4 is 28.8 Å². The molecule has 0 saturated carbocycles. The molecule has 0 N–H and O–H groups in total. The van der Waals surface area contributed by atoms with Gasteiger partial charge in [-0.2, -0.15) is 0 Å². The largest absolute Gasteiger partial charge is 0.366 e. The summed E-state index contributed by atoms with van der Waals surface area (Å²) in [4.78, 5) is 28.3. The van der Waals surface area contributed by atoms with Gasteiger partial charge in [0, 0.05) is 49.7 Å². The number of anilines is 1. The molecule has 0 aliphatic carbocycles. The molecule has 2 aromatic heterocycles. The fourth-order valence-corrected chi connectivity index (χ4v) is 4.47. The molecule has 1 amide bonds. The standard InChI is InChI=1S/C20H22N6O3S/c1-13-4-5-14(2)25(13)18-12-16(26(28)29)6-7-17(18)23-8-10-24(11-9-23)20(27)19-15(3)21-22-30-19/h4-7,12H,8-11H2,1-3H3. The van der Waals surface area contributed by atoms with Crippen molar-refractivity contribution in [1.29, 1.82) is 0 Å². The van der Waals surface area contributed by atoms with Crippen molar-refractivity contribution in [1.82, 2.24) is 19.1 Å². The maximum Gasteiger partial charge on any atom is 0.271 e. The second-order valence-electron chi connectivity index (χ2n) is 7.35. The van der Waals surface area contributed by atoms with Gasteiger partial charge in [0.15, 0.2) is 0 Å². The van der Waals surface area contributed by atoms with Crippen LogP contribution in [0.15, 0.2) is 30.3 Å². The van der Waals surface area contributed by atoms with E-state index < -0.39 is 0 Å². The lowest BCUT2D eigenvalue weighted by Crippen LogP contribution is -2.49. The molecule has 3 heterocycles. The number of amides is 1. The third-order valence-corrected chi connectivity index (χ3v) is 6.25. The van der Waals surface area contributed by atoms with E-state index in [1.54, 1.807) is 19.1 Å². The number of piperazine rings is 1. The van der Waals surface area contributed by atoms with Gasteiger partial charge in [0.1, 0.15) is 4.88 Å². The van der Waals surface area contributed by atoms with Crippen LogP contribution in [0.1, 0.15) is 26.8 Å². The van der Waals surface area contributed by atoms with Crippen molar-refractivity contribution in [2.45, 2.75) is 20.8 Å². The SMILES string of the molecule is Cc1nnsc1C(=O)N1CCN(c2ccc([N+](=O)[O-])cc2-n2c(C)ccc2C)CC1. The van der Waals surface area contributed by atoms with Crippen LogP contribution in [0.5, 0.6) is 0 Å². The zero-order chi connectivity index (χ0) is 21.4. The molecule has 0 unspecified atom stereocenters. The summed E-state index contributed by atoms with van der Waals surface area (Å²) in [5.74, 6) is -0.0387. The molecule has 0 bridgehead atoms. The summed E-state index contributed by atoms with van der Waals surface area (Å²) in [5, 5.41) is 15.3. The minimum atomic E-state index is -0.372. The molecule has 1 saturated heterocycles. The van der Waals surface area contributed by atoms with Gasteiger partial charge in [-0.05, 0) is 50.5 Å². The molecule has 0 radical (unpaired) electrons. The molecule has 1 aliphatic rings. The summed E-state index contributed by atoms with van der Waals surface area (Å²) < 4.78 is 5.89. The number of hydrogen-bond donors (Lipinski definition) is 0. The van der Waals surface area contributed by atoms with E-state index in [2.05, 4.69) is 14.5 Å². The first-order valence-corrected chi connectivity index (χ1v) is 10.4. The van der Waals surface area contributed by atoms with Gasteiger partial charge in [-0.1, -0.05) is 4.49 Å². The van der Waals surface area contributed by atoms with Crippen LogP contribution in [-0.2, 0) is 0 Å². The van der Waals surface area contributed by atoms with E-state index in [4.69, 9.17) is 0 Å². The number of aryl methyl sites for hydroxylation is 3. The van der Waals surface area contributed by atoms with E-state index >= 15 is 0 Å². The number of nitro groups is 1. The molecule has 3 aromatic rings. The molecule has 0 spiro atoms. The first kappa shape index (κ1) is 20.0. The highest BCUT2D eigenvalue weighted by Crippen LogP contribution is 2.32. The van der Waals surface area contributed by atoms with Crippen molar-refractivity contribution in [2.75, 3.05) is 31.1 Å². The van der Waals surface area contributed by atoms with Crippen LogP contribution in [0.25, 0.3) is 5.69 Å². The molecule has 9 nitrogen and oxygen atoms in total. The Balaban J connectivity index is 1.61. The van der Waals surface area contributed by atoms with Crippen LogP contribution in [0.2, 0.25) is 0 Å². The summed E-state index contributed by atoms with van der Waals surface area (Å²) in [7, 11) is 0. The van der Waals surface area contributed by atoms with Crippen LogP contribution in [0.4, 0.5) is 11.4 Å². The number of nitrogens with zero attached hydrogens (tertiary/aromatic N) is 6. The Morgan fingerprint density at radius 3 is 2.27 bits per heavy atom. The Morgan fingerprint density at radius 1 is 1.03 bits per heavy atom. The van der Waals surface area contributed by atoms with Crippen LogP contribution >= 0.6 is 11.5 Å². The lowest BCUT2D eigenvalue weighted by Gasteiger charge is -2.37. The van der Waals surface area contributed by atoms with Crippen molar-refractivity contribution < 1.29 is 9.72 Å². The van der Waals surface area contributed by atoms with E-state index in [1.807, 2.05) is 35.4 Å². The van der Waals surface area contributed by atoms with Crippen molar-refractivity contribution in [2.24, 2.45) is 0 Å². The lowest BCUT2D eigenvalue weighted by atomic mass is 10.1. The molecule has 1 aromatic carbocycles. The smallest absolute Gasteiger partial charge is 0.271 e. The molecular formula is C20H22N6O3S. The number of hydrogen-bond acceptors (Lipinski definition) is 7. The summed E-state index contributed by atoms with van der Waals surface area (Å²) in [6, 6.07) is 8.97. The van der Waals surface area contributed by atoms with Crippen molar-refractivity contribution in [3.05, 3.63) is 62.4 Å². The molecule has 30 heavy (non-hydrogen) atoms. The zero-order valence-corrected chi connectivity index (χ0v) is 17.8. The monoisotopic (exact) mass is 426 g/mol. The maximum atomic E-state index is 12.7. The van der Waals surface area contributed by atoms with Crippen LogP contribution in [0.3, 0.4) is 0 Å². The minimum absolute atomic E-state index is 0.0387. The highest BCUT2D eigenvalue weighted by Gasteiger charge is 2.27. The maximum absolute atomic E-state index is 12.7. The average molecular weight is 427 g/mol. The van der Waals surface area contributed by atoms with Gasteiger partial charge < -0.3 is 14.4 Å². The van der Waals surface area contributed by atoms with Gasteiger partial charge in [-0.25, -0.2) is 0 Å². The molecule has 4 rings (SSSR count). The van der Waals surface area contributed by atoms with Gasteiger partial charge in [0.05, 0.1) is 22.0 Å². The number of aromatic nitrogens is 3. The molecule has 0 atom stereocenters. The minimum Gasteiger partial charge on any atom is -0.366 e. The van der Waals surface area contributed by atoms with E-state index in [-0.39, 0.29) is 16.5 Å². The molecular weight excluding hydrogens is 404 g/mol. The zero-order valence-electron chi connectivity index (χ0n) is 17.0. The number of benzene rings is 1. The van der Waals surface area contributed by atoms with Crippen molar-refractivity contribution in [3.63, 3.8) is 0 Å². The third kappa shape index (κ3) is 3.54. The van der Waals surface area contributed by atoms with Gasteiger partial charge in [-0.3, -0.25) is 14.9 Å². The number of nitro benzene ring substituents is 1. The molecule has 156 valence electrons.